The van der Waals surface area contributed by atoms with Crippen molar-refractivity contribution < 1.29 is 14.3 Å². The first-order valence-electron chi connectivity index (χ1n) is 8.98. The zero-order chi connectivity index (χ0) is 18.2. The fraction of sp³-hybridized carbons (Fsp3) is 0.579. The highest BCUT2D eigenvalue weighted by Gasteiger charge is 2.24. The molecule has 6 heteroatoms. The third-order valence-electron chi connectivity index (χ3n) is 4.61. The van der Waals surface area contributed by atoms with Gasteiger partial charge in [0.1, 0.15) is 5.75 Å². The highest BCUT2D eigenvalue weighted by molar-refractivity contribution is 5.84. The van der Waals surface area contributed by atoms with Crippen molar-refractivity contribution in [1.29, 1.82) is 0 Å². The molecule has 0 aliphatic carbocycles. The van der Waals surface area contributed by atoms with Crippen LogP contribution in [-0.4, -0.2) is 68.0 Å². The summed E-state index contributed by atoms with van der Waals surface area (Å²) in [7, 11) is 1.67. The number of hydrogen-bond acceptors (Lipinski definition) is 4. The fourth-order valence-electron chi connectivity index (χ4n) is 3.05. The largest absolute Gasteiger partial charge is 0.495 e. The SMILES string of the molecule is CCCCN(CC(=O)N1CCN(c2ccccc2OC)CC1)C(C)=O. The lowest BCUT2D eigenvalue weighted by Crippen LogP contribution is -2.51. The molecule has 1 saturated heterocycles. The van der Waals surface area contributed by atoms with E-state index >= 15 is 0 Å². The number of ether oxygens (including phenoxy) is 1. The van der Waals surface area contributed by atoms with Gasteiger partial charge in [0.15, 0.2) is 0 Å². The maximum Gasteiger partial charge on any atom is 0.242 e. The van der Waals surface area contributed by atoms with E-state index in [-0.39, 0.29) is 18.4 Å². The summed E-state index contributed by atoms with van der Waals surface area (Å²) >= 11 is 0. The molecule has 1 aromatic carbocycles. The zero-order valence-corrected chi connectivity index (χ0v) is 15.5. The first-order valence-corrected chi connectivity index (χ1v) is 8.98. The van der Waals surface area contributed by atoms with Crippen molar-refractivity contribution in [2.24, 2.45) is 0 Å². The van der Waals surface area contributed by atoms with Gasteiger partial charge in [-0.1, -0.05) is 25.5 Å². The molecule has 1 aliphatic heterocycles. The average Bonchev–Trinajstić information content (AvgIpc) is 2.64. The van der Waals surface area contributed by atoms with Crippen molar-refractivity contribution in [3.05, 3.63) is 24.3 Å². The number of benzene rings is 1. The molecule has 0 bridgehead atoms. The Morgan fingerprint density at radius 1 is 1.16 bits per heavy atom. The Balaban J connectivity index is 1.90. The molecule has 2 rings (SSSR count). The van der Waals surface area contributed by atoms with Crippen LogP contribution in [0.1, 0.15) is 26.7 Å². The molecule has 2 amide bonds. The predicted molar refractivity (Wildman–Crippen MR) is 98.9 cm³/mol. The van der Waals surface area contributed by atoms with Crippen LogP contribution in [0.25, 0.3) is 0 Å². The van der Waals surface area contributed by atoms with Crippen molar-refractivity contribution in [2.75, 3.05) is 51.3 Å². The molecule has 25 heavy (non-hydrogen) atoms. The van der Waals surface area contributed by atoms with Crippen molar-refractivity contribution in [3.63, 3.8) is 0 Å². The lowest BCUT2D eigenvalue weighted by atomic mass is 10.2. The van der Waals surface area contributed by atoms with E-state index in [4.69, 9.17) is 4.74 Å². The monoisotopic (exact) mass is 347 g/mol. The number of piperazine rings is 1. The first kappa shape index (κ1) is 19.1. The van der Waals surface area contributed by atoms with E-state index < -0.39 is 0 Å². The lowest BCUT2D eigenvalue weighted by molar-refractivity contribution is -0.139. The van der Waals surface area contributed by atoms with Gasteiger partial charge in [-0.15, -0.1) is 0 Å². The molecule has 0 spiro atoms. The Morgan fingerprint density at radius 2 is 1.84 bits per heavy atom. The summed E-state index contributed by atoms with van der Waals surface area (Å²) < 4.78 is 5.42. The second-order valence-corrected chi connectivity index (χ2v) is 6.33. The number of para-hydroxylation sites is 2. The second kappa shape index (κ2) is 9.30. The standard InChI is InChI=1S/C19H29N3O3/c1-4-5-10-22(16(2)23)15-19(24)21-13-11-20(12-14-21)17-8-6-7-9-18(17)25-3/h6-9H,4-5,10-15H2,1-3H3. The third-order valence-corrected chi connectivity index (χ3v) is 4.61. The van der Waals surface area contributed by atoms with Crippen LogP contribution in [0.5, 0.6) is 5.75 Å². The van der Waals surface area contributed by atoms with Crippen LogP contribution in [0.15, 0.2) is 24.3 Å². The molecular formula is C19H29N3O3. The zero-order valence-electron chi connectivity index (χ0n) is 15.5. The van der Waals surface area contributed by atoms with Gasteiger partial charge in [-0.25, -0.2) is 0 Å². The second-order valence-electron chi connectivity index (χ2n) is 6.33. The number of hydrogen-bond donors (Lipinski definition) is 0. The van der Waals surface area contributed by atoms with Gasteiger partial charge >= 0.3 is 0 Å². The summed E-state index contributed by atoms with van der Waals surface area (Å²) in [5, 5.41) is 0. The molecule has 1 aromatic rings. The number of amides is 2. The lowest BCUT2D eigenvalue weighted by Gasteiger charge is -2.37. The van der Waals surface area contributed by atoms with Gasteiger partial charge in [-0.3, -0.25) is 9.59 Å². The van der Waals surface area contributed by atoms with E-state index in [1.165, 1.54) is 6.92 Å². The van der Waals surface area contributed by atoms with Crippen LogP contribution in [0.2, 0.25) is 0 Å². The number of anilines is 1. The minimum absolute atomic E-state index is 0.0329. The van der Waals surface area contributed by atoms with Crippen LogP contribution < -0.4 is 9.64 Å². The molecule has 0 aromatic heterocycles. The van der Waals surface area contributed by atoms with Crippen molar-refractivity contribution >= 4 is 17.5 Å². The minimum Gasteiger partial charge on any atom is -0.495 e. The van der Waals surface area contributed by atoms with Crippen molar-refractivity contribution in [3.8, 4) is 5.75 Å². The van der Waals surface area contributed by atoms with E-state index in [9.17, 15) is 9.59 Å². The Morgan fingerprint density at radius 3 is 2.44 bits per heavy atom. The van der Waals surface area contributed by atoms with E-state index in [2.05, 4.69) is 11.8 Å². The maximum absolute atomic E-state index is 12.5. The van der Waals surface area contributed by atoms with E-state index in [1.807, 2.05) is 29.2 Å². The summed E-state index contributed by atoms with van der Waals surface area (Å²) in [6.45, 7) is 7.30. The molecule has 138 valence electrons. The van der Waals surface area contributed by atoms with Gasteiger partial charge < -0.3 is 19.4 Å². The average molecular weight is 347 g/mol. The maximum atomic E-state index is 12.5. The van der Waals surface area contributed by atoms with E-state index in [1.54, 1.807) is 12.0 Å². The smallest absolute Gasteiger partial charge is 0.242 e. The summed E-state index contributed by atoms with van der Waals surface area (Å²) in [6.07, 6.45) is 1.93. The fourth-order valence-corrected chi connectivity index (χ4v) is 3.05. The number of carbonyl (C=O) groups is 2. The van der Waals surface area contributed by atoms with Crippen LogP contribution in [0.4, 0.5) is 5.69 Å². The van der Waals surface area contributed by atoms with Crippen molar-refractivity contribution in [2.45, 2.75) is 26.7 Å². The molecule has 0 unspecified atom stereocenters. The molecule has 1 aliphatic rings. The first-order chi connectivity index (χ1) is 12.1. The number of carbonyl (C=O) groups excluding carboxylic acids is 2. The summed E-state index contributed by atoms with van der Waals surface area (Å²) in [6, 6.07) is 7.94. The van der Waals surface area contributed by atoms with Gasteiger partial charge in [0.25, 0.3) is 0 Å². The van der Waals surface area contributed by atoms with Crippen molar-refractivity contribution in [1.82, 2.24) is 9.80 Å². The van der Waals surface area contributed by atoms with Crippen LogP contribution in [0.3, 0.4) is 0 Å². The van der Waals surface area contributed by atoms with Crippen LogP contribution >= 0.6 is 0 Å². The normalized spacial score (nSPS) is 14.4. The molecule has 0 saturated carbocycles. The summed E-state index contributed by atoms with van der Waals surface area (Å²) in [4.78, 5) is 30.0. The Bertz CT molecular complexity index is 583. The topological polar surface area (TPSA) is 53.1 Å². The van der Waals surface area contributed by atoms with Gasteiger partial charge in [-0.2, -0.15) is 0 Å². The van der Waals surface area contributed by atoms with E-state index in [0.29, 0.717) is 19.6 Å². The van der Waals surface area contributed by atoms with Gasteiger partial charge in [0.2, 0.25) is 11.8 Å². The highest BCUT2D eigenvalue weighted by atomic mass is 16.5. The Kier molecular flexibility index (Phi) is 7.10. The predicted octanol–water partition coefficient (Wildman–Crippen LogP) is 1.99. The van der Waals surface area contributed by atoms with Crippen LogP contribution in [-0.2, 0) is 9.59 Å². The molecule has 6 nitrogen and oxygen atoms in total. The summed E-state index contributed by atoms with van der Waals surface area (Å²) in [5.74, 6) is 0.852. The molecule has 0 atom stereocenters. The third kappa shape index (κ3) is 5.11. The van der Waals surface area contributed by atoms with Gasteiger partial charge in [-0.05, 0) is 18.6 Å². The van der Waals surface area contributed by atoms with Gasteiger partial charge in [0.05, 0.1) is 19.3 Å². The number of unbranched alkanes of at least 4 members (excludes halogenated alkanes) is 1. The Hall–Kier alpha value is -2.24. The quantitative estimate of drug-likeness (QED) is 0.757. The van der Waals surface area contributed by atoms with Gasteiger partial charge in [0, 0.05) is 39.6 Å². The highest BCUT2D eigenvalue weighted by Crippen LogP contribution is 2.28. The molecule has 0 N–H and O–H groups in total. The number of nitrogens with zero attached hydrogens (tertiary/aromatic N) is 3. The minimum atomic E-state index is -0.0329. The molecule has 0 radical (unpaired) electrons. The molecular weight excluding hydrogens is 318 g/mol. The number of rotatable bonds is 7. The summed E-state index contributed by atoms with van der Waals surface area (Å²) in [5.41, 5.74) is 1.06. The molecule has 1 heterocycles. The molecule has 1 fully saturated rings. The Labute approximate surface area is 150 Å². The number of methoxy groups -OCH3 is 1. The van der Waals surface area contributed by atoms with E-state index in [0.717, 1.165) is 37.4 Å². The van der Waals surface area contributed by atoms with Crippen LogP contribution in [0, 0.1) is 0 Å².